The summed E-state index contributed by atoms with van der Waals surface area (Å²) < 4.78 is 5.12. The summed E-state index contributed by atoms with van der Waals surface area (Å²) in [6, 6.07) is 19.4. The van der Waals surface area contributed by atoms with E-state index in [2.05, 4.69) is 15.3 Å². The van der Waals surface area contributed by atoms with Crippen molar-refractivity contribution < 1.29 is 9.53 Å². The van der Waals surface area contributed by atoms with Gasteiger partial charge in [0.15, 0.2) is 5.16 Å². The van der Waals surface area contributed by atoms with Gasteiger partial charge in [-0.25, -0.2) is 9.97 Å². The van der Waals surface area contributed by atoms with Crippen LogP contribution in [0.2, 0.25) is 0 Å². The van der Waals surface area contributed by atoms with Crippen LogP contribution in [0.25, 0.3) is 11.3 Å². The van der Waals surface area contributed by atoms with Crippen molar-refractivity contribution >= 4 is 17.7 Å². The van der Waals surface area contributed by atoms with Crippen LogP contribution in [0.1, 0.15) is 5.56 Å². The number of methoxy groups -OCH3 is 1. The first kappa shape index (κ1) is 17.9. The van der Waals surface area contributed by atoms with Gasteiger partial charge in [0.2, 0.25) is 5.91 Å². The molecule has 6 heteroatoms. The molecule has 26 heavy (non-hydrogen) atoms. The van der Waals surface area contributed by atoms with E-state index in [1.165, 1.54) is 11.8 Å². The summed E-state index contributed by atoms with van der Waals surface area (Å²) in [7, 11) is 1.63. The Balaban J connectivity index is 1.51. The molecular formula is C20H19N3O2S. The van der Waals surface area contributed by atoms with Crippen molar-refractivity contribution in [3.05, 3.63) is 72.4 Å². The average molecular weight is 365 g/mol. The molecular weight excluding hydrogens is 346 g/mol. The van der Waals surface area contributed by atoms with Gasteiger partial charge in [0.05, 0.1) is 18.6 Å². The molecule has 0 fully saturated rings. The first-order valence-corrected chi connectivity index (χ1v) is 9.14. The molecule has 5 nitrogen and oxygen atoms in total. The molecule has 0 spiro atoms. The lowest BCUT2D eigenvalue weighted by Gasteiger charge is -2.06. The highest BCUT2D eigenvalue weighted by atomic mass is 32.2. The van der Waals surface area contributed by atoms with Crippen LogP contribution in [0, 0.1) is 0 Å². The van der Waals surface area contributed by atoms with Crippen molar-refractivity contribution in [1.82, 2.24) is 15.3 Å². The number of carbonyl (C=O) groups excluding carboxylic acids is 1. The molecule has 0 aliphatic carbocycles. The standard InChI is InChI=1S/C20H19N3O2S/c1-25-17-9-7-15(8-10-17)13-22-19(24)14-26-20-21-12-11-18(23-20)16-5-3-2-4-6-16/h2-12H,13-14H2,1H3,(H,22,24). The molecule has 0 aliphatic heterocycles. The zero-order chi connectivity index (χ0) is 18.2. The fourth-order valence-electron chi connectivity index (χ4n) is 2.31. The molecule has 132 valence electrons. The highest BCUT2D eigenvalue weighted by molar-refractivity contribution is 7.99. The van der Waals surface area contributed by atoms with Crippen molar-refractivity contribution in [2.45, 2.75) is 11.7 Å². The third-order valence-corrected chi connectivity index (χ3v) is 4.55. The SMILES string of the molecule is COc1ccc(CNC(=O)CSc2nccc(-c3ccccc3)n2)cc1. The maximum Gasteiger partial charge on any atom is 0.230 e. The summed E-state index contributed by atoms with van der Waals surface area (Å²) in [5, 5.41) is 3.49. The van der Waals surface area contributed by atoms with Crippen molar-refractivity contribution in [3.63, 3.8) is 0 Å². The second-order valence-electron chi connectivity index (χ2n) is 5.50. The zero-order valence-corrected chi connectivity index (χ0v) is 15.2. The minimum absolute atomic E-state index is 0.0560. The summed E-state index contributed by atoms with van der Waals surface area (Å²) in [6.45, 7) is 0.480. The van der Waals surface area contributed by atoms with Crippen molar-refractivity contribution in [2.75, 3.05) is 12.9 Å². The Morgan fingerprint density at radius 1 is 1.08 bits per heavy atom. The van der Waals surface area contributed by atoms with E-state index in [0.717, 1.165) is 22.6 Å². The minimum atomic E-state index is -0.0560. The number of hydrogen-bond acceptors (Lipinski definition) is 5. The Morgan fingerprint density at radius 3 is 2.58 bits per heavy atom. The number of rotatable bonds is 7. The average Bonchev–Trinajstić information content (AvgIpc) is 2.72. The van der Waals surface area contributed by atoms with Gasteiger partial charge in [0.1, 0.15) is 5.75 Å². The summed E-state index contributed by atoms with van der Waals surface area (Å²) in [5.41, 5.74) is 2.90. The van der Waals surface area contributed by atoms with E-state index in [1.54, 1.807) is 13.3 Å². The predicted molar refractivity (Wildman–Crippen MR) is 103 cm³/mol. The number of carbonyl (C=O) groups is 1. The first-order valence-electron chi connectivity index (χ1n) is 8.15. The fourth-order valence-corrected chi connectivity index (χ4v) is 2.97. The van der Waals surface area contributed by atoms with Crippen LogP contribution in [0.5, 0.6) is 5.75 Å². The highest BCUT2D eigenvalue weighted by Gasteiger charge is 2.07. The largest absolute Gasteiger partial charge is 0.497 e. The second kappa shape index (κ2) is 9.01. The maximum atomic E-state index is 12.1. The predicted octanol–water partition coefficient (Wildman–Crippen LogP) is 3.56. The van der Waals surface area contributed by atoms with Crippen LogP contribution in [-0.2, 0) is 11.3 Å². The first-order chi connectivity index (χ1) is 12.7. The Bertz CT molecular complexity index is 854. The van der Waals surface area contributed by atoms with E-state index in [0.29, 0.717) is 11.7 Å². The van der Waals surface area contributed by atoms with Crippen LogP contribution >= 0.6 is 11.8 Å². The number of ether oxygens (including phenoxy) is 1. The van der Waals surface area contributed by atoms with Crippen LogP contribution in [0.15, 0.2) is 72.0 Å². The van der Waals surface area contributed by atoms with Gasteiger partial charge in [-0.15, -0.1) is 0 Å². The maximum absolute atomic E-state index is 12.1. The lowest BCUT2D eigenvalue weighted by Crippen LogP contribution is -2.24. The second-order valence-corrected chi connectivity index (χ2v) is 6.45. The van der Waals surface area contributed by atoms with Crippen molar-refractivity contribution in [1.29, 1.82) is 0 Å². The molecule has 0 radical (unpaired) electrons. The Morgan fingerprint density at radius 2 is 1.85 bits per heavy atom. The van der Waals surface area contributed by atoms with Crippen LogP contribution < -0.4 is 10.1 Å². The highest BCUT2D eigenvalue weighted by Crippen LogP contribution is 2.19. The van der Waals surface area contributed by atoms with E-state index in [1.807, 2.05) is 60.7 Å². The number of thioether (sulfide) groups is 1. The summed E-state index contributed by atoms with van der Waals surface area (Å²) in [5.74, 6) is 1.01. The number of hydrogen-bond donors (Lipinski definition) is 1. The van der Waals surface area contributed by atoms with Gasteiger partial charge in [-0.2, -0.15) is 0 Å². The number of nitrogens with zero attached hydrogens (tertiary/aromatic N) is 2. The fraction of sp³-hybridized carbons (Fsp3) is 0.150. The lowest BCUT2D eigenvalue weighted by molar-refractivity contribution is -0.118. The van der Waals surface area contributed by atoms with E-state index < -0.39 is 0 Å². The van der Waals surface area contributed by atoms with Gasteiger partial charge in [0, 0.05) is 18.3 Å². The summed E-state index contributed by atoms with van der Waals surface area (Å²) in [6.07, 6.45) is 1.72. The third kappa shape index (κ3) is 5.07. The summed E-state index contributed by atoms with van der Waals surface area (Å²) >= 11 is 1.32. The Labute approximate surface area is 156 Å². The molecule has 0 saturated carbocycles. The smallest absolute Gasteiger partial charge is 0.230 e. The topological polar surface area (TPSA) is 64.1 Å². The molecule has 2 aromatic carbocycles. The van der Waals surface area contributed by atoms with Crippen molar-refractivity contribution in [2.24, 2.45) is 0 Å². The van der Waals surface area contributed by atoms with Gasteiger partial charge >= 0.3 is 0 Å². The molecule has 0 saturated heterocycles. The summed E-state index contributed by atoms with van der Waals surface area (Å²) in [4.78, 5) is 20.8. The number of nitrogens with one attached hydrogen (secondary N) is 1. The van der Waals surface area contributed by atoms with Gasteiger partial charge in [-0.1, -0.05) is 54.2 Å². The molecule has 1 amide bonds. The van der Waals surface area contributed by atoms with Crippen LogP contribution in [-0.4, -0.2) is 28.7 Å². The zero-order valence-electron chi connectivity index (χ0n) is 14.4. The molecule has 0 unspecified atom stereocenters. The molecule has 1 N–H and O–H groups in total. The van der Waals surface area contributed by atoms with Crippen LogP contribution in [0.4, 0.5) is 0 Å². The Kier molecular flexibility index (Phi) is 6.22. The van der Waals surface area contributed by atoms with Crippen molar-refractivity contribution in [3.8, 4) is 17.0 Å². The molecule has 3 aromatic rings. The molecule has 0 aliphatic rings. The van der Waals surface area contributed by atoms with Gasteiger partial charge in [-0.05, 0) is 23.8 Å². The van der Waals surface area contributed by atoms with E-state index >= 15 is 0 Å². The van der Waals surface area contributed by atoms with Gasteiger partial charge in [-0.3, -0.25) is 4.79 Å². The lowest BCUT2D eigenvalue weighted by atomic mass is 10.1. The molecule has 3 rings (SSSR count). The molecule has 0 bridgehead atoms. The number of amides is 1. The molecule has 0 atom stereocenters. The normalized spacial score (nSPS) is 10.3. The van der Waals surface area contributed by atoms with E-state index in [-0.39, 0.29) is 11.7 Å². The van der Waals surface area contributed by atoms with Gasteiger partial charge < -0.3 is 10.1 Å². The molecule has 1 heterocycles. The Hall–Kier alpha value is -2.86. The minimum Gasteiger partial charge on any atom is -0.497 e. The quantitative estimate of drug-likeness (QED) is 0.512. The van der Waals surface area contributed by atoms with E-state index in [4.69, 9.17) is 4.74 Å². The monoisotopic (exact) mass is 365 g/mol. The van der Waals surface area contributed by atoms with E-state index in [9.17, 15) is 4.79 Å². The third-order valence-electron chi connectivity index (χ3n) is 3.68. The molecule has 1 aromatic heterocycles. The number of aromatic nitrogens is 2. The van der Waals surface area contributed by atoms with Gasteiger partial charge in [0.25, 0.3) is 0 Å². The number of benzene rings is 2. The van der Waals surface area contributed by atoms with Crippen LogP contribution in [0.3, 0.4) is 0 Å².